The Morgan fingerprint density at radius 1 is 1.33 bits per heavy atom. The summed E-state index contributed by atoms with van der Waals surface area (Å²) in [7, 11) is 0. The Morgan fingerprint density at radius 3 is 2.48 bits per heavy atom. The van der Waals surface area contributed by atoms with Crippen molar-refractivity contribution in [2.75, 3.05) is 11.4 Å². The van der Waals surface area contributed by atoms with E-state index in [0.717, 1.165) is 31.0 Å². The zero-order valence-corrected chi connectivity index (χ0v) is 14.5. The number of nitrogens with one attached hydrogen (secondary N) is 1. The Balaban J connectivity index is 3.14. The maximum absolute atomic E-state index is 4.81. The number of pyridine rings is 1. The van der Waals surface area contributed by atoms with Gasteiger partial charge in [0.1, 0.15) is 5.82 Å². The van der Waals surface area contributed by atoms with E-state index in [4.69, 9.17) is 4.98 Å². The van der Waals surface area contributed by atoms with E-state index in [1.54, 1.807) is 0 Å². The molecule has 0 radical (unpaired) electrons. The summed E-state index contributed by atoms with van der Waals surface area (Å²) in [6.45, 7) is 18.7. The van der Waals surface area contributed by atoms with Crippen LogP contribution >= 0.6 is 0 Å². The molecule has 118 valence electrons. The molecule has 3 nitrogen and oxygen atoms in total. The molecule has 0 spiro atoms. The zero-order chi connectivity index (χ0) is 16.0. The van der Waals surface area contributed by atoms with E-state index in [2.05, 4.69) is 70.5 Å². The van der Waals surface area contributed by atoms with Crippen LogP contribution in [0.3, 0.4) is 0 Å². The number of hydrogen-bond acceptors (Lipinski definition) is 3. The zero-order valence-electron chi connectivity index (χ0n) is 14.5. The van der Waals surface area contributed by atoms with Gasteiger partial charge in [-0.3, -0.25) is 0 Å². The molecule has 3 heteroatoms. The van der Waals surface area contributed by atoms with Crippen molar-refractivity contribution in [3.63, 3.8) is 0 Å². The Labute approximate surface area is 130 Å². The molecule has 0 aliphatic carbocycles. The van der Waals surface area contributed by atoms with Crippen molar-refractivity contribution in [1.82, 2.24) is 10.3 Å². The van der Waals surface area contributed by atoms with Crippen LogP contribution in [0, 0.1) is 0 Å². The number of aromatic nitrogens is 1. The molecular weight excluding hydrogens is 258 g/mol. The average Bonchev–Trinajstić information content (AvgIpc) is 2.40. The maximum atomic E-state index is 4.81. The first-order valence-corrected chi connectivity index (χ1v) is 7.89. The number of anilines is 1. The summed E-state index contributed by atoms with van der Waals surface area (Å²) in [4.78, 5) is 7.12. The first-order valence-electron chi connectivity index (χ1n) is 7.89. The molecule has 0 fully saturated rings. The Bertz CT molecular complexity index is 458. The Morgan fingerprint density at radius 2 is 2.00 bits per heavy atom. The smallest absolute Gasteiger partial charge is 0.129 e. The van der Waals surface area contributed by atoms with Gasteiger partial charge in [-0.2, -0.15) is 0 Å². The minimum Gasteiger partial charge on any atom is -0.348 e. The molecule has 0 saturated heterocycles. The number of rotatable bonds is 7. The van der Waals surface area contributed by atoms with Crippen LogP contribution in [0.15, 0.2) is 24.8 Å². The predicted octanol–water partition coefficient (Wildman–Crippen LogP) is 3.93. The largest absolute Gasteiger partial charge is 0.348 e. The van der Waals surface area contributed by atoms with Gasteiger partial charge in [0.15, 0.2) is 0 Å². The third-order valence-corrected chi connectivity index (χ3v) is 3.40. The van der Waals surface area contributed by atoms with E-state index in [-0.39, 0.29) is 5.54 Å². The second-order valence-corrected chi connectivity index (χ2v) is 6.78. The van der Waals surface area contributed by atoms with Gasteiger partial charge >= 0.3 is 0 Å². The molecule has 0 aliphatic heterocycles. The standard InChI is InChI=1S/C18H31N3/c1-8-10-21(18(5,6)7)17-12-15(13-19-14(3)4)11-16(9-2)20-17/h8,11-12,14,19H,1,9-10,13H2,2-7H3. The second kappa shape index (κ2) is 7.60. The summed E-state index contributed by atoms with van der Waals surface area (Å²) < 4.78 is 0. The van der Waals surface area contributed by atoms with Crippen molar-refractivity contribution in [2.24, 2.45) is 0 Å². The summed E-state index contributed by atoms with van der Waals surface area (Å²) in [5.41, 5.74) is 2.46. The highest BCUT2D eigenvalue weighted by atomic mass is 15.2. The van der Waals surface area contributed by atoms with Crippen molar-refractivity contribution >= 4 is 5.82 Å². The Kier molecular flexibility index (Phi) is 6.41. The highest BCUT2D eigenvalue weighted by Gasteiger charge is 2.22. The van der Waals surface area contributed by atoms with Gasteiger partial charge in [0, 0.05) is 30.4 Å². The third kappa shape index (κ3) is 5.50. The lowest BCUT2D eigenvalue weighted by molar-refractivity contribution is 0.516. The molecule has 0 amide bonds. The van der Waals surface area contributed by atoms with E-state index in [0.29, 0.717) is 6.04 Å². The van der Waals surface area contributed by atoms with Gasteiger partial charge in [-0.15, -0.1) is 6.58 Å². The van der Waals surface area contributed by atoms with Crippen molar-refractivity contribution < 1.29 is 0 Å². The monoisotopic (exact) mass is 289 g/mol. The molecular formula is C18H31N3. The lowest BCUT2D eigenvalue weighted by Crippen LogP contribution is -2.42. The molecule has 1 aromatic rings. The highest BCUT2D eigenvalue weighted by Crippen LogP contribution is 2.23. The molecule has 0 atom stereocenters. The van der Waals surface area contributed by atoms with E-state index in [1.165, 1.54) is 5.56 Å². The van der Waals surface area contributed by atoms with E-state index in [1.807, 2.05) is 6.08 Å². The number of aryl methyl sites for hydroxylation is 1. The van der Waals surface area contributed by atoms with Gasteiger partial charge in [0.2, 0.25) is 0 Å². The molecule has 0 saturated carbocycles. The SMILES string of the molecule is C=CCN(c1cc(CNC(C)C)cc(CC)n1)C(C)(C)C. The normalized spacial score (nSPS) is 11.8. The van der Waals surface area contributed by atoms with E-state index < -0.39 is 0 Å². The van der Waals surface area contributed by atoms with Crippen LogP contribution in [0.4, 0.5) is 5.82 Å². The van der Waals surface area contributed by atoms with Crippen LogP contribution in [-0.2, 0) is 13.0 Å². The van der Waals surface area contributed by atoms with Gasteiger partial charge in [-0.1, -0.05) is 26.8 Å². The van der Waals surface area contributed by atoms with Crippen LogP contribution < -0.4 is 10.2 Å². The molecule has 1 N–H and O–H groups in total. The number of hydrogen-bond donors (Lipinski definition) is 1. The first kappa shape index (κ1) is 17.7. The summed E-state index contributed by atoms with van der Waals surface area (Å²) >= 11 is 0. The lowest BCUT2D eigenvalue weighted by Gasteiger charge is -2.36. The maximum Gasteiger partial charge on any atom is 0.129 e. The van der Waals surface area contributed by atoms with Gasteiger partial charge in [-0.25, -0.2) is 4.98 Å². The van der Waals surface area contributed by atoms with Crippen LogP contribution in [0.25, 0.3) is 0 Å². The summed E-state index contributed by atoms with van der Waals surface area (Å²) in [5.74, 6) is 1.04. The van der Waals surface area contributed by atoms with Crippen molar-refractivity contribution in [2.45, 2.75) is 66.1 Å². The lowest BCUT2D eigenvalue weighted by atomic mass is 10.1. The minimum atomic E-state index is 0.0241. The fourth-order valence-electron chi connectivity index (χ4n) is 2.22. The molecule has 1 heterocycles. The summed E-state index contributed by atoms with van der Waals surface area (Å²) in [6, 6.07) is 4.88. The van der Waals surface area contributed by atoms with Gasteiger partial charge in [-0.05, 0) is 44.9 Å². The number of nitrogens with zero attached hydrogens (tertiary/aromatic N) is 2. The predicted molar refractivity (Wildman–Crippen MR) is 92.9 cm³/mol. The second-order valence-electron chi connectivity index (χ2n) is 6.78. The molecule has 0 aromatic carbocycles. The minimum absolute atomic E-state index is 0.0241. The van der Waals surface area contributed by atoms with Crippen molar-refractivity contribution in [3.8, 4) is 0 Å². The fourth-order valence-corrected chi connectivity index (χ4v) is 2.22. The van der Waals surface area contributed by atoms with Crippen molar-refractivity contribution in [3.05, 3.63) is 36.0 Å². The molecule has 0 aliphatic rings. The van der Waals surface area contributed by atoms with Crippen LogP contribution in [0.1, 0.15) is 52.8 Å². The topological polar surface area (TPSA) is 28.2 Å². The average molecular weight is 289 g/mol. The van der Waals surface area contributed by atoms with Gasteiger partial charge < -0.3 is 10.2 Å². The van der Waals surface area contributed by atoms with Gasteiger partial charge in [0.05, 0.1) is 0 Å². The first-order chi connectivity index (χ1) is 9.77. The van der Waals surface area contributed by atoms with E-state index in [9.17, 15) is 0 Å². The Hall–Kier alpha value is -1.35. The van der Waals surface area contributed by atoms with E-state index >= 15 is 0 Å². The fraction of sp³-hybridized carbons (Fsp3) is 0.611. The third-order valence-electron chi connectivity index (χ3n) is 3.40. The van der Waals surface area contributed by atoms with Crippen LogP contribution in [-0.4, -0.2) is 23.1 Å². The molecule has 1 aromatic heterocycles. The highest BCUT2D eigenvalue weighted by molar-refractivity contribution is 5.46. The van der Waals surface area contributed by atoms with Crippen LogP contribution in [0.2, 0.25) is 0 Å². The van der Waals surface area contributed by atoms with Crippen LogP contribution in [0.5, 0.6) is 0 Å². The van der Waals surface area contributed by atoms with Gasteiger partial charge in [0.25, 0.3) is 0 Å². The molecule has 1 rings (SSSR count). The summed E-state index contributed by atoms with van der Waals surface area (Å²) in [6.07, 6.45) is 2.90. The molecule has 0 unspecified atom stereocenters. The molecule has 0 bridgehead atoms. The molecule has 21 heavy (non-hydrogen) atoms. The van der Waals surface area contributed by atoms with Crippen molar-refractivity contribution in [1.29, 1.82) is 0 Å². The summed E-state index contributed by atoms with van der Waals surface area (Å²) in [5, 5.41) is 3.48. The quantitative estimate of drug-likeness (QED) is 0.771.